The number of nitrogens with one attached hydrogen (secondary N) is 1. The zero-order valence-electron chi connectivity index (χ0n) is 19.0. The van der Waals surface area contributed by atoms with E-state index >= 15 is 0 Å². The number of anilines is 1. The lowest BCUT2D eigenvalue weighted by molar-refractivity contribution is -0.129. The maximum Gasteiger partial charge on any atom is 0.321 e. The average Bonchev–Trinajstić information content (AvgIpc) is 3.10. The third kappa shape index (κ3) is 5.04. The number of carbonyl (C=O) groups is 2. The average molecular weight is 460 g/mol. The van der Waals surface area contributed by atoms with E-state index < -0.39 is 0 Å². The summed E-state index contributed by atoms with van der Waals surface area (Å²) < 4.78 is 16.2. The summed E-state index contributed by atoms with van der Waals surface area (Å²) in [4.78, 5) is 28.9. The third-order valence-corrected chi connectivity index (χ3v) is 6.70. The van der Waals surface area contributed by atoms with Gasteiger partial charge in [0.2, 0.25) is 5.91 Å². The Morgan fingerprint density at radius 3 is 2.50 bits per heavy atom. The van der Waals surface area contributed by atoms with Crippen LogP contribution in [0.15, 0.2) is 42.5 Å². The molecular weight excluding hydrogens is 430 g/mol. The highest BCUT2D eigenvalue weighted by Crippen LogP contribution is 2.46. The van der Waals surface area contributed by atoms with Crippen molar-refractivity contribution >= 4 is 29.4 Å². The minimum atomic E-state index is -0.280. The lowest BCUT2D eigenvalue weighted by atomic mass is 10.1. The topological polar surface area (TPSA) is 80.3 Å². The summed E-state index contributed by atoms with van der Waals surface area (Å²) in [5.74, 6) is 2.00. The second kappa shape index (κ2) is 10.5. The molecule has 3 rings (SSSR count). The van der Waals surface area contributed by atoms with Crippen LogP contribution in [0.1, 0.15) is 17.9 Å². The maximum atomic E-state index is 12.9. The lowest BCUT2D eigenvalue weighted by Gasteiger charge is -2.28. The number of methoxy groups -OCH3 is 3. The molecule has 0 aromatic heterocycles. The molecule has 1 aliphatic rings. The molecule has 2 aromatic rings. The molecule has 1 N–H and O–H groups in total. The first kappa shape index (κ1) is 23.6. The Morgan fingerprint density at radius 1 is 1.09 bits per heavy atom. The van der Waals surface area contributed by atoms with Crippen LogP contribution in [0, 0.1) is 0 Å². The molecule has 2 atom stereocenters. The van der Waals surface area contributed by atoms with Gasteiger partial charge in [-0.2, -0.15) is 0 Å². The van der Waals surface area contributed by atoms with Crippen LogP contribution in [-0.2, 0) is 4.79 Å². The smallest absolute Gasteiger partial charge is 0.321 e. The predicted molar refractivity (Wildman–Crippen MR) is 126 cm³/mol. The zero-order chi connectivity index (χ0) is 23.3. The minimum Gasteiger partial charge on any atom is -0.497 e. The molecule has 9 heteroatoms. The van der Waals surface area contributed by atoms with Gasteiger partial charge >= 0.3 is 6.03 Å². The van der Waals surface area contributed by atoms with Gasteiger partial charge in [0.15, 0.2) is 0 Å². The van der Waals surface area contributed by atoms with E-state index in [1.165, 1.54) is 0 Å². The summed E-state index contributed by atoms with van der Waals surface area (Å²) in [5.41, 5.74) is 1.46. The lowest BCUT2D eigenvalue weighted by Crippen LogP contribution is -2.40. The molecule has 3 amide bonds. The van der Waals surface area contributed by atoms with Crippen molar-refractivity contribution in [1.29, 1.82) is 0 Å². The van der Waals surface area contributed by atoms with E-state index in [-0.39, 0.29) is 22.6 Å². The van der Waals surface area contributed by atoms with E-state index in [0.717, 1.165) is 5.56 Å². The Labute approximate surface area is 192 Å². The van der Waals surface area contributed by atoms with E-state index in [1.54, 1.807) is 62.1 Å². The normalized spacial score (nSPS) is 17.8. The van der Waals surface area contributed by atoms with Crippen LogP contribution in [0.4, 0.5) is 10.5 Å². The summed E-state index contributed by atoms with van der Waals surface area (Å²) >= 11 is 1.56. The first-order valence-electron chi connectivity index (χ1n) is 10.2. The Balaban J connectivity index is 1.72. The highest BCUT2D eigenvalue weighted by molar-refractivity contribution is 8.01. The molecule has 0 bridgehead atoms. The van der Waals surface area contributed by atoms with E-state index in [0.29, 0.717) is 36.0 Å². The van der Waals surface area contributed by atoms with Crippen LogP contribution in [0.25, 0.3) is 0 Å². The summed E-state index contributed by atoms with van der Waals surface area (Å²) in [6.07, 6.45) is 0. The number of likely N-dealkylation sites (N-methyl/N-ethyl adjacent to an activating group) is 1. The number of thioether (sulfide) groups is 1. The summed E-state index contributed by atoms with van der Waals surface area (Å²) in [6, 6.07) is 12.5. The van der Waals surface area contributed by atoms with Crippen LogP contribution in [0.3, 0.4) is 0 Å². The first-order chi connectivity index (χ1) is 15.4. The van der Waals surface area contributed by atoms with Crippen molar-refractivity contribution in [2.45, 2.75) is 17.5 Å². The van der Waals surface area contributed by atoms with E-state index in [9.17, 15) is 9.59 Å². The molecule has 0 aliphatic carbocycles. The van der Waals surface area contributed by atoms with Crippen LogP contribution in [0.5, 0.6) is 17.2 Å². The fraction of sp³-hybridized carbons (Fsp3) is 0.391. The van der Waals surface area contributed by atoms with E-state index in [1.807, 2.05) is 37.3 Å². The number of hydrogen-bond acceptors (Lipinski definition) is 6. The molecule has 2 aromatic carbocycles. The molecular formula is C23H29N3O5S. The Kier molecular flexibility index (Phi) is 7.74. The second-order valence-electron chi connectivity index (χ2n) is 7.32. The molecule has 0 radical (unpaired) electrons. The van der Waals surface area contributed by atoms with Crippen LogP contribution in [-0.4, -0.2) is 68.5 Å². The molecule has 2 unspecified atom stereocenters. The summed E-state index contributed by atoms with van der Waals surface area (Å²) in [6.45, 7) is 2.64. The highest BCUT2D eigenvalue weighted by atomic mass is 32.2. The maximum absolute atomic E-state index is 12.9. The van der Waals surface area contributed by atoms with Gasteiger partial charge in [-0.25, -0.2) is 4.79 Å². The molecule has 1 fully saturated rings. The summed E-state index contributed by atoms with van der Waals surface area (Å²) in [5, 5.41) is 2.43. The molecule has 8 nitrogen and oxygen atoms in total. The SMILES string of the molecule is COc1ccc(OC)c(C2SC(C)C(=O)N2CCN(C)C(=O)Nc2ccccc2OC)c1. The van der Waals surface area contributed by atoms with Crippen molar-refractivity contribution in [3.05, 3.63) is 48.0 Å². The molecule has 1 heterocycles. The molecule has 0 saturated carbocycles. The van der Waals surface area contributed by atoms with Crippen molar-refractivity contribution < 1.29 is 23.8 Å². The highest BCUT2D eigenvalue weighted by Gasteiger charge is 2.40. The molecule has 0 spiro atoms. The summed E-state index contributed by atoms with van der Waals surface area (Å²) in [7, 11) is 6.47. The van der Waals surface area contributed by atoms with Gasteiger partial charge in [0.1, 0.15) is 22.6 Å². The largest absolute Gasteiger partial charge is 0.497 e. The van der Waals surface area contributed by atoms with Gasteiger partial charge in [0.25, 0.3) is 0 Å². The predicted octanol–water partition coefficient (Wildman–Crippen LogP) is 3.84. The minimum absolute atomic E-state index is 0.0309. The van der Waals surface area contributed by atoms with Gasteiger partial charge in [-0.15, -0.1) is 11.8 Å². The number of nitrogens with zero attached hydrogens (tertiary/aromatic N) is 2. The van der Waals surface area contributed by atoms with Gasteiger partial charge in [-0.3, -0.25) is 4.79 Å². The quantitative estimate of drug-likeness (QED) is 0.646. The number of urea groups is 1. The molecule has 1 saturated heterocycles. The number of rotatable bonds is 8. The number of hydrogen-bond donors (Lipinski definition) is 1. The molecule has 172 valence electrons. The standard InChI is InChI=1S/C23H29N3O5S/c1-15-21(27)26(22(32-15)17-14-16(29-3)10-11-19(17)30-4)13-12-25(2)23(28)24-18-8-6-7-9-20(18)31-5/h6-11,14-15,22H,12-13H2,1-5H3,(H,24,28). The fourth-order valence-corrected chi connectivity index (χ4v) is 4.82. The number of carbonyl (C=O) groups excluding carboxylic acids is 2. The molecule has 1 aliphatic heterocycles. The van der Waals surface area contributed by atoms with Crippen LogP contribution >= 0.6 is 11.8 Å². The van der Waals surface area contributed by atoms with Crippen LogP contribution in [0.2, 0.25) is 0 Å². The van der Waals surface area contributed by atoms with Crippen molar-refractivity contribution in [3.63, 3.8) is 0 Å². The number of para-hydroxylation sites is 2. The monoisotopic (exact) mass is 459 g/mol. The Morgan fingerprint density at radius 2 is 1.81 bits per heavy atom. The van der Waals surface area contributed by atoms with Crippen molar-refractivity contribution in [2.75, 3.05) is 46.8 Å². The van der Waals surface area contributed by atoms with Gasteiger partial charge in [-0.05, 0) is 37.3 Å². The zero-order valence-corrected chi connectivity index (χ0v) is 19.8. The van der Waals surface area contributed by atoms with Gasteiger partial charge in [-0.1, -0.05) is 12.1 Å². The Bertz CT molecular complexity index is 970. The number of amides is 3. The third-order valence-electron chi connectivity index (χ3n) is 5.32. The Hall–Kier alpha value is -3.07. The van der Waals surface area contributed by atoms with Crippen molar-refractivity contribution in [2.24, 2.45) is 0 Å². The van der Waals surface area contributed by atoms with Gasteiger partial charge < -0.3 is 29.3 Å². The fourth-order valence-electron chi connectivity index (χ4n) is 3.49. The van der Waals surface area contributed by atoms with Crippen LogP contribution < -0.4 is 19.5 Å². The second-order valence-corrected chi connectivity index (χ2v) is 8.75. The number of ether oxygens (including phenoxy) is 3. The first-order valence-corrected chi connectivity index (χ1v) is 11.2. The molecule has 32 heavy (non-hydrogen) atoms. The van der Waals surface area contributed by atoms with E-state index in [4.69, 9.17) is 14.2 Å². The van der Waals surface area contributed by atoms with Crippen molar-refractivity contribution in [3.8, 4) is 17.2 Å². The van der Waals surface area contributed by atoms with Crippen molar-refractivity contribution in [1.82, 2.24) is 9.80 Å². The van der Waals surface area contributed by atoms with Gasteiger partial charge in [0.05, 0.1) is 32.3 Å². The van der Waals surface area contributed by atoms with Gasteiger partial charge in [0, 0.05) is 25.7 Å². The number of benzene rings is 2. The van der Waals surface area contributed by atoms with E-state index in [2.05, 4.69) is 5.32 Å².